The van der Waals surface area contributed by atoms with Gasteiger partial charge in [0, 0.05) is 15.9 Å². The zero-order chi connectivity index (χ0) is 29.9. The Balaban J connectivity index is 1.20. The predicted octanol–water partition coefficient (Wildman–Crippen LogP) is 6.74. The molecule has 0 radical (unpaired) electrons. The average Bonchev–Trinajstić information content (AvgIpc) is 3.72. The lowest BCUT2D eigenvalue weighted by Crippen LogP contribution is -2.48. The molecule has 42 heavy (non-hydrogen) atoms. The number of carbonyl (C=O) groups is 2. The van der Waals surface area contributed by atoms with E-state index in [4.69, 9.17) is 9.47 Å². The van der Waals surface area contributed by atoms with Crippen LogP contribution in [0, 0.1) is 0 Å². The first kappa shape index (κ1) is 28.9. The van der Waals surface area contributed by atoms with E-state index in [2.05, 4.69) is 37.4 Å². The molecule has 10 nitrogen and oxygen atoms in total. The van der Waals surface area contributed by atoms with Crippen LogP contribution in [0.4, 0.5) is 4.79 Å². The Bertz CT molecular complexity index is 1580. The molecule has 0 spiro atoms. The fourth-order valence-corrected chi connectivity index (χ4v) is 7.89. The van der Waals surface area contributed by atoms with Gasteiger partial charge < -0.3 is 19.4 Å². The summed E-state index contributed by atoms with van der Waals surface area (Å²) in [5.74, 6) is 1.09. The SMILES string of the molecule is CC(C)(C)OC(=O)N1CCCC1c1ncc(-c2cc3sc(-c4cnc(C5(C(=O)OC(C)(C)C)CCCN5)[nH]4)cc3s2)[nH]1. The number of hydrogen-bond donors (Lipinski definition) is 3. The highest BCUT2D eigenvalue weighted by Gasteiger charge is 2.48. The third kappa shape index (κ3) is 5.59. The number of esters is 1. The smallest absolute Gasteiger partial charge is 0.410 e. The average molecular weight is 611 g/mol. The van der Waals surface area contributed by atoms with Crippen LogP contribution in [0.3, 0.4) is 0 Å². The van der Waals surface area contributed by atoms with Gasteiger partial charge in [0.2, 0.25) is 0 Å². The van der Waals surface area contributed by atoms with Crippen LogP contribution in [-0.2, 0) is 19.8 Å². The van der Waals surface area contributed by atoms with Gasteiger partial charge in [-0.25, -0.2) is 19.6 Å². The van der Waals surface area contributed by atoms with Crippen molar-refractivity contribution in [3.05, 3.63) is 36.2 Å². The first-order valence-corrected chi connectivity index (χ1v) is 16.1. The van der Waals surface area contributed by atoms with Gasteiger partial charge in [-0.15, -0.1) is 22.7 Å². The summed E-state index contributed by atoms with van der Waals surface area (Å²) in [6, 6.07) is 4.21. The number of carbonyl (C=O) groups excluding carboxylic acids is 2. The topological polar surface area (TPSA) is 125 Å². The van der Waals surface area contributed by atoms with Crippen LogP contribution in [0.5, 0.6) is 0 Å². The lowest BCUT2D eigenvalue weighted by atomic mass is 9.96. The Morgan fingerprint density at radius 1 is 0.929 bits per heavy atom. The largest absolute Gasteiger partial charge is 0.458 e. The number of hydrogen-bond acceptors (Lipinski definition) is 9. The minimum Gasteiger partial charge on any atom is -0.458 e. The van der Waals surface area contributed by atoms with Crippen LogP contribution < -0.4 is 5.32 Å². The van der Waals surface area contributed by atoms with Crippen molar-refractivity contribution < 1.29 is 19.1 Å². The fraction of sp³-hybridized carbons (Fsp3) is 0.533. The number of nitrogens with one attached hydrogen (secondary N) is 3. The molecule has 2 atom stereocenters. The molecular formula is C30H38N6O4S2. The Labute approximate surface area is 253 Å². The number of rotatable bonds is 5. The molecule has 2 fully saturated rings. The number of likely N-dealkylation sites (tertiary alicyclic amines) is 1. The van der Waals surface area contributed by atoms with Gasteiger partial charge in [0.15, 0.2) is 5.54 Å². The van der Waals surface area contributed by atoms with Crippen LogP contribution in [-0.4, -0.2) is 61.2 Å². The van der Waals surface area contributed by atoms with Crippen molar-refractivity contribution in [3.8, 4) is 21.1 Å². The molecule has 0 aliphatic carbocycles. The normalized spacial score (nSPS) is 21.4. The van der Waals surface area contributed by atoms with E-state index in [0.717, 1.165) is 62.2 Å². The van der Waals surface area contributed by atoms with Crippen molar-refractivity contribution in [3.63, 3.8) is 0 Å². The van der Waals surface area contributed by atoms with Gasteiger partial charge in [0.05, 0.1) is 39.6 Å². The van der Waals surface area contributed by atoms with E-state index in [1.807, 2.05) is 47.7 Å². The van der Waals surface area contributed by atoms with Crippen LogP contribution in [0.2, 0.25) is 0 Å². The number of H-pyrrole nitrogens is 2. The van der Waals surface area contributed by atoms with E-state index >= 15 is 0 Å². The van der Waals surface area contributed by atoms with Gasteiger partial charge in [-0.05, 0) is 85.9 Å². The molecule has 4 aromatic heterocycles. The lowest BCUT2D eigenvalue weighted by molar-refractivity contribution is -0.163. The summed E-state index contributed by atoms with van der Waals surface area (Å²) in [6.45, 7) is 12.7. The van der Waals surface area contributed by atoms with Crippen molar-refractivity contribution in [2.45, 2.75) is 90.0 Å². The van der Waals surface area contributed by atoms with E-state index in [-0.39, 0.29) is 18.1 Å². The molecule has 12 heteroatoms. The molecule has 2 aliphatic heterocycles. The highest BCUT2D eigenvalue weighted by Crippen LogP contribution is 2.42. The molecule has 224 valence electrons. The van der Waals surface area contributed by atoms with Crippen molar-refractivity contribution in [1.29, 1.82) is 0 Å². The maximum Gasteiger partial charge on any atom is 0.410 e. The second kappa shape index (κ2) is 10.5. The summed E-state index contributed by atoms with van der Waals surface area (Å²) in [5, 5.41) is 3.36. The molecule has 1 amide bonds. The number of amides is 1. The minimum absolute atomic E-state index is 0.116. The molecule has 2 aliphatic rings. The van der Waals surface area contributed by atoms with Gasteiger partial charge in [-0.3, -0.25) is 10.2 Å². The molecule has 6 rings (SSSR count). The van der Waals surface area contributed by atoms with Crippen molar-refractivity contribution in [2.75, 3.05) is 13.1 Å². The number of ether oxygens (including phenoxy) is 2. The number of nitrogens with zero attached hydrogens (tertiary/aromatic N) is 3. The van der Waals surface area contributed by atoms with Crippen molar-refractivity contribution in [2.24, 2.45) is 0 Å². The number of thiophene rings is 2. The summed E-state index contributed by atoms with van der Waals surface area (Å²) < 4.78 is 13.7. The third-order valence-electron chi connectivity index (χ3n) is 7.41. The quantitative estimate of drug-likeness (QED) is 0.214. The maximum absolute atomic E-state index is 13.2. The van der Waals surface area contributed by atoms with Crippen molar-refractivity contribution in [1.82, 2.24) is 30.2 Å². The zero-order valence-electron chi connectivity index (χ0n) is 24.9. The first-order valence-electron chi connectivity index (χ1n) is 14.4. The molecule has 0 saturated carbocycles. The van der Waals surface area contributed by atoms with Crippen LogP contribution in [0.15, 0.2) is 24.5 Å². The molecule has 3 N–H and O–H groups in total. The standard InChI is InChI=1S/C30H38N6O4S2/c1-28(2,3)39-26(37)30(10-8-11-33-30)25-32-16-18(35-25)21-14-23-22(42-21)13-20(41-23)17-15-31-24(34-17)19-9-7-12-36(19)27(38)40-29(4,5)6/h13-16,19,33H,7-12H2,1-6H3,(H,31,34)(H,32,35). The number of fused-ring (bicyclic) bond motifs is 1. The Kier molecular flexibility index (Phi) is 7.22. The van der Waals surface area contributed by atoms with E-state index in [0.29, 0.717) is 18.8 Å². The minimum atomic E-state index is -0.954. The van der Waals surface area contributed by atoms with Crippen molar-refractivity contribution >= 4 is 44.1 Å². The molecule has 2 unspecified atom stereocenters. The third-order valence-corrected chi connectivity index (χ3v) is 9.77. The Hall–Kier alpha value is -3.22. The van der Waals surface area contributed by atoms with E-state index < -0.39 is 16.7 Å². The van der Waals surface area contributed by atoms with Gasteiger partial charge in [0.1, 0.15) is 22.9 Å². The first-order chi connectivity index (χ1) is 19.8. The van der Waals surface area contributed by atoms with Crippen LogP contribution in [0.1, 0.15) is 84.9 Å². The number of aromatic amines is 2. The lowest BCUT2D eigenvalue weighted by Gasteiger charge is -2.29. The van der Waals surface area contributed by atoms with Gasteiger partial charge >= 0.3 is 12.1 Å². The monoisotopic (exact) mass is 610 g/mol. The van der Waals surface area contributed by atoms with E-state index in [1.165, 1.54) is 0 Å². The summed E-state index contributed by atoms with van der Waals surface area (Å²) in [5.41, 5.74) is -0.256. The Morgan fingerprint density at radius 2 is 1.57 bits per heavy atom. The number of aromatic nitrogens is 4. The van der Waals surface area contributed by atoms with Crippen LogP contribution >= 0.6 is 22.7 Å². The van der Waals surface area contributed by atoms with E-state index in [1.54, 1.807) is 33.8 Å². The second-order valence-electron chi connectivity index (χ2n) is 13.0. The maximum atomic E-state index is 13.2. The zero-order valence-corrected chi connectivity index (χ0v) is 26.6. The molecule has 4 aromatic rings. The summed E-state index contributed by atoms with van der Waals surface area (Å²) in [7, 11) is 0. The molecule has 2 saturated heterocycles. The second-order valence-corrected chi connectivity index (χ2v) is 15.2. The van der Waals surface area contributed by atoms with E-state index in [9.17, 15) is 9.59 Å². The molecule has 0 bridgehead atoms. The summed E-state index contributed by atoms with van der Waals surface area (Å²) in [4.78, 5) is 46.1. The highest BCUT2D eigenvalue weighted by atomic mass is 32.1. The summed E-state index contributed by atoms with van der Waals surface area (Å²) >= 11 is 3.37. The predicted molar refractivity (Wildman–Crippen MR) is 165 cm³/mol. The molecule has 6 heterocycles. The summed E-state index contributed by atoms with van der Waals surface area (Å²) in [6.07, 6.45) is 6.64. The highest BCUT2D eigenvalue weighted by molar-refractivity contribution is 7.31. The molecule has 0 aromatic carbocycles. The van der Waals surface area contributed by atoms with Gasteiger partial charge in [-0.2, -0.15) is 0 Å². The van der Waals surface area contributed by atoms with Gasteiger partial charge in [0.25, 0.3) is 0 Å². The van der Waals surface area contributed by atoms with Crippen LogP contribution in [0.25, 0.3) is 30.5 Å². The van der Waals surface area contributed by atoms with Gasteiger partial charge in [-0.1, -0.05) is 0 Å². The fourth-order valence-electron chi connectivity index (χ4n) is 5.57. The Morgan fingerprint density at radius 3 is 2.19 bits per heavy atom. The number of imidazole rings is 2. The molecular weight excluding hydrogens is 573 g/mol.